The predicted molar refractivity (Wildman–Crippen MR) is 78.6 cm³/mol. The van der Waals surface area contributed by atoms with Crippen LogP contribution in [0, 0.1) is 12.3 Å². The van der Waals surface area contributed by atoms with E-state index in [0.717, 1.165) is 17.8 Å². The van der Waals surface area contributed by atoms with Crippen molar-refractivity contribution in [3.05, 3.63) is 22.7 Å². The van der Waals surface area contributed by atoms with Crippen LogP contribution in [-0.2, 0) is 4.79 Å². The molecule has 2 rings (SSSR count). The summed E-state index contributed by atoms with van der Waals surface area (Å²) in [6.45, 7) is 0.395. The number of aromatic nitrogens is 1. The van der Waals surface area contributed by atoms with Crippen molar-refractivity contribution >= 4 is 23.3 Å². The molecular formula is C15H18N2OS. The molecular weight excluding hydrogens is 256 g/mol. The van der Waals surface area contributed by atoms with Gasteiger partial charge in [-0.2, -0.15) is 0 Å². The second kappa shape index (κ2) is 7.10. The summed E-state index contributed by atoms with van der Waals surface area (Å²) in [6.07, 6.45) is 16.3. The van der Waals surface area contributed by atoms with Gasteiger partial charge in [0.05, 0.1) is 6.54 Å². The van der Waals surface area contributed by atoms with E-state index in [4.69, 9.17) is 6.42 Å². The molecule has 100 valence electrons. The average Bonchev–Trinajstić information content (AvgIpc) is 2.96. The number of rotatable bonds is 4. The summed E-state index contributed by atoms with van der Waals surface area (Å²) in [6, 6.07) is 0.304. The minimum absolute atomic E-state index is 0.0000463. The molecule has 1 aromatic heterocycles. The molecule has 1 aromatic rings. The summed E-state index contributed by atoms with van der Waals surface area (Å²) < 4.78 is 0. The lowest BCUT2D eigenvalue weighted by Gasteiger charge is -2.32. The normalized spacial score (nSPS) is 16.4. The number of terminal acetylenes is 1. The molecule has 0 atom stereocenters. The van der Waals surface area contributed by atoms with Crippen molar-refractivity contribution in [2.24, 2.45) is 0 Å². The maximum absolute atomic E-state index is 12.2. The van der Waals surface area contributed by atoms with E-state index in [0.29, 0.717) is 12.6 Å². The average molecular weight is 274 g/mol. The summed E-state index contributed by atoms with van der Waals surface area (Å²) in [5.41, 5.74) is 0. The smallest absolute Gasteiger partial charge is 0.247 e. The number of hydrogen-bond acceptors (Lipinski definition) is 3. The fraction of sp³-hybridized carbons (Fsp3) is 0.467. The first kappa shape index (κ1) is 13.8. The summed E-state index contributed by atoms with van der Waals surface area (Å²) in [5, 5.41) is 2.74. The van der Waals surface area contributed by atoms with Crippen LogP contribution < -0.4 is 0 Å². The van der Waals surface area contributed by atoms with Gasteiger partial charge in [0.2, 0.25) is 5.91 Å². The molecule has 1 fully saturated rings. The van der Waals surface area contributed by atoms with Gasteiger partial charge in [0, 0.05) is 23.7 Å². The summed E-state index contributed by atoms with van der Waals surface area (Å²) in [5.74, 6) is 2.60. The summed E-state index contributed by atoms with van der Waals surface area (Å²) >= 11 is 1.52. The van der Waals surface area contributed by atoms with Gasteiger partial charge >= 0.3 is 0 Å². The maximum Gasteiger partial charge on any atom is 0.247 e. The molecule has 19 heavy (non-hydrogen) atoms. The topological polar surface area (TPSA) is 33.2 Å². The van der Waals surface area contributed by atoms with Gasteiger partial charge in [-0.1, -0.05) is 25.2 Å². The molecule has 0 radical (unpaired) electrons. The van der Waals surface area contributed by atoms with E-state index in [9.17, 15) is 4.79 Å². The first-order valence-electron chi connectivity index (χ1n) is 6.63. The van der Waals surface area contributed by atoms with Crippen LogP contribution in [0.25, 0.3) is 6.08 Å². The van der Waals surface area contributed by atoms with Crippen LogP contribution in [0.2, 0.25) is 0 Å². The fourth-order valence-corrected chi connectivity index (χ4v) is 2.96. The lowest BCUT2D eigenvalue weighted by molar-refractivity contribution is -0.128. The zero-order valence-electron chi connectivity index (χ0n) is 10.9. The Bertz CT molecular complexity index is 467. The van der Waals surface area contributed by atoms with E-state index in [1.807, 2.05) is 10.3 Å². The van der Waals surface area contributed by atoms with Gasteiger partial charge in [-0.25, -0.2) is 4.98 Å². The van der Waals surface area contributed by atoms with Crippen molar-refractivity contribution in [2.45, 2.75) is 38.1 Å². The number of carbonyl (C=O) groups is 1. The number of thiazole rings is 1. The molecule has 1 amide bonds. The second-order valence-electron chi connectivity index (χ2n) is 4.67. The number of nitrogens with zero attached hydrogens (tertiary/aromatic N) is 2. The second-order valence-corrected chi connectivity index (χ2v) is 5.59. The van der Waals surface area contributed by atoms with E-state index in [1.54, 1.807) is 18.3 Å². The Kier molecular flexibility index (Phi) is 5.17. The maximum atomic E-state index is 12.2. The Morgan fingerprint density at radius 3 is 2.95 bits per heavy atom. The molecule has 0 saturated heterocycles. The highest BCUT2D eigenvalue weighted by atomic mass is 32.1. The molecule has 0 aromatic carbocycles. The van der Waals surface area contributed by atoms with Gasteiger partial charge in [0.1, 0.15) is 5.01 Å². The van der Waals surface area contributed by atoms with Crippen molar-refractivity contribution < 1.29 is 4.79 Å². The van der Waals surface area contributed by atoms with Crippen molar-refractivity contribution in [1.29, 1.82) is 0 Å². The van der Waals surface area contributed by atoms with Gasteiger partial charge in [-0.15, -0.1) is 17.8 Å². The molecule has 0 spiro atoms. The van der Waals surface area contributed by atoms with Crippen LogP contribution in [0.1, 0.15) is 37.1 Å². The molecule has 4 heteroatoms. The van der Waals surface area contributed by atoms with Gasteiger partial charge in [0.15, 0.2) is 0 Å². The van der Waals surface area contributed by atoms with Gasteiger partial charge in [-0.05, 0) is 18.9 Å². The number of carbonyl (C=O) groups excluding carboxylic acids is 1. The Morgan fingerprint density at radius 1 is 1.53 bits per heavy atom. The van der Waals surface area contributed by atoms with Crippen molar-refractivity contribution in [1.82, 2.24) is 9.88 Å². The Balaban J connectivity index is 2.01. The first-order chi connectivity index (χ1) is 9.31. The zero-order chi connectivity index (χ0) is 13.5. The third-order valence-corrected chi connectivity index (χ3v) is 4.12. The lowest BCUT2D eigenvalue weighted by Crippen LogP contribution is -2.40. The highest BCUT2D eigenvalue weighted by Gasteiger charge is 2.23. The Labute approximate surface area is 118 Å². The number of amides is 1. The van der Waals surface area contributed by atoms with Crippen molar-refractivity contribution in [3.8, 4) is 12.3 Å². The van der Waals surface area contributed by atoms with Crippen LogP contribution >= 0.6 is 11.3 Å². The predicted octanol–water partition coefficient (Wildman–Crippen LogP) is 2.95. The molecule has 1 aliphatic rings. The molecule has 0 aliphatic heterocycles. The summed E-state index contributed by atoms with van der Waals surface area (Å²) in [4.78, 5) is 18.2. The Morgan fingerprint density at radius 2 is 2.32 bits per heavy atom. The molecule has 1 saturated carbocycles. The van der Waals surface area contributed by atoms with Crippen LogP contribution in [0.15, 0.2) is 17.7 Å². The van der Waals surface area contributed by atoms with E-state index in [2.05, 4.69) is 10.9 Å². The molecule has 1 aliphatic carbocycles. The number of hydrogen-bond donors (Lipinski definition) is 0. The van der Waals surface area contributed by atoms with Gasteiger partial charge < -0.3 is 4.90 Å². The SMILES string of the molecule is C#CCN(C(=O)/C=C/c1nccs1)C1CCCCC1. The molecule has 3 nitrogen and oxygen atoms in total. The molecule has 1 heterocycles. The van der Waals surface area contributed by atoms with Crippen molar-refractivity contribution in [2.75, 3.05) is 6.54 Å². The lowest BCUT2D eigenvalue weighted by atomic mass is 9.94. The van der Waals surface area contributed by atoms with Crippen LogP contribution in [-0.4, -0.2) is 28.4 Å². The van der Waals surface area contributed by atoms with Gasteiger partial charge in [0.25, 0.3) is 0 Å². The third-order valence-electron chi connectivity index (χ3n) is 3.38. The van der Waals surface area contributed by atoms with Gasteiger partial charge in [-0.3, -0.25) is 4.79 Å². The zero-order valence-corrected chi connectivity index (χ0v) is 11.7. The largest absolute Gasteiger partial charge is 0.325 e. The minimum atomic E-state index is 0.0000463. The van der Waals surface area contributed by atoms with E-state index in [-0.39, 0.29) is 5.91 Å². The molecule has 0 bridgehead atoms. The minimum Gasteiger partial charge on any atom is -0.325 e. The van der Waals surface area contributed by atoms with Crippen LogP contribution in [0.5, 0.6) is 0 Å². The summed E-state index contributed by atoms with van der Waals surface area (Å²) in [7, 11) is 0. The van der Waals surface area contributed by atoms with E-state index in [1.165, 1.54) is 30.6 Å². The standard InChI is InChI=1S/C15H18N2OS/c1-2-11-17(13-6-4-3-5-7-13)15(18)9-8-14-16-10-12-19-14/h1,8-10,12-13H,3-7,11H2/b9-8+. The van der Waals surface area contributed by atoms with Crippen LogP contribution in [0.3, 0.4) is 0 Å². The Hall–Kier alpha value is -1.60. The quantitative estimate of drug-likeness (QED) is 0.625. The first-order valence-corrected chi connectivity index (χ1v) is 7.51. The molecule has 0 unspecified atom stereocenters. The van der Waals surface area contributed by atoms with Crippen molar-refractivity contribution in [3.63, 3.8) is 0 Å². The highest BCUT2D eigenvalue weighted by Crippen LogP contribution is 2.22. The monoisotopic (exact) mass is 274 g/mol. The van der Waals surface area contributed by atoms with E-state index < -0.39 is 0 Å². The van der Waals surface area contributed by atoms with E-state index >= 15 is 0 Å². The third kappa shape index (κ3) is 3.93. The van der Waals surface area contributed by atoms with Crippen LogP contribution in [0.4, 0.5) is 0 Å². The molecule has 0 N–H and O–H groups in total. The fourth-order valence-electron chi connectivity index (χ4n) is 2.43. The highest BCUT2D eigenvalue weighted by molar-refractivity contribution is 7.10.